The minimum Gasteiger partial charge on any atom is -0.405 e. The van der Waals surface area contributed by atoms with E-state index in [2.05, 4.69) is 12.3 Å². The standard InChI is InChI=1S/C2H5N.FH/c1-2-3;/h2H,1,3H2;1H. The molecule has 26 valence electrons. The van der Waals surface area contributed by atoms with Crippen LogP contribution >= 0.6 is 0 Å². The van der Waals surface area contributed by atoms with Gasteiger partial charge >= 0.3 is 0 Å². The molecule has 0 aliphatic rings. The lowest BCUT2D eigenvalue weighted by Gasteiger charge is -1.40. The molecule has 0 amide bonds. The van der Waals surface area contributed by atoms with Crippen molar-refractivity contribution in [3.63, 3.8) is 0 Å². The van der Waals surface area contributed by atoms with Crippen LogP contribution in [0.4, 0.5) is 4.70 Å². The van der Waals surface area contributed by atoms with Crippen molar-refractivity contribution < 1.29 is 4.70 Å². The molecule has 1 nitrogen and oxygen atoms in total. The van der Waals surface area contributed by atoms with Crippen LogP contribution in [-0.4, -0.2) is 0 Å². The van der Waals surface area contributed by atoms with Crippen molar-refractivity contribution in [3.8, 4) is 0 Å². The van der Waals surface area contributed by atoms with Gasteiger partial charge in [0.25, 0.3) is 0 Å². The van der Waals surface area contributed by atoms with E-state index in [1.807, 2.05) is 0 Å². The lowest BCUT2D eigenvalue weighted by Crippen LogP contribution is -1.67. The van der Waals surface area contributed by atoms with E-state index in [1.54, 1.807) is 0 Å². The summed E-state index contributed by atoms with van der Waals surface area (Å²) in [6.07, 6.45) is 1.25. The maximum atomic E-state index is 4.61. The second-order valence-electron chi connectivity index (χ2n) is 0.236. The summed E-state index contributed by atoms with van der Waals surface area (Å²) in [5.41, 5.74) is 4.61. The van der Waals surface area contributed by atoms with Crippen molar-refractivity contribution in [1.82, 2.24) is 0 Å². The molecular weight excluding hydrogens is 57.0 g/mol. The average molecular weight is 63.1 g/mol. The molecule has 0 fully saturated rings. The molecule has 0 aliphatic heterocycles. The van der Waals surface area contributed by atoms with Gasteiger partial charge in [0.05, 0.1) is 0 Å². The molecule has 0 spiro atoms. The maximum Gasteiger partial charge on any atom is -0.0136 e. The van der Waals surface area contributed by atoms with Gasteiger partial charge in [-0.15, -0.1) is 0 Å². The highest BCUT2D eigenvalue weighted by atomic mass is 19.0. The van der Waals surface area contributed by atoms with Crippen LogP contribution < -0.4 is 5.73 Å². The van der Waals surface area contributed by atoms with Crippen LogP contribution in [0.5, 0.6) is 0 Å². The summed E-state index contributed by atoms with van der Waals surface area (Å²) in [7, 11) is 0. The van der Waals surface area contributed by atoms with Crippen LogP contribution in [-0.2, 0) is 0 Å². The number of hydrogen-bond donors (Lipinski definition) is 1. The zero-order valence-corrected chi connectivity index (χ0v) is 2.27. The SMILES string of the molecule is C=CN.F. The Balaban J connectivity index is 0. The summed E-state index contributed by atoms with van der Waals surface area (Å²) >= 11 is 0. The Labute approximate surface area is 24.5 Å². The predicted molar refractivity (Wildman–Crippen MR) is 16.9 cm³/mol. The molecule has 4 heavy (non-hydrogen) atoms. The Morgan fingerprint density at radius 3 is 1.75 bits per heavy atom. The monoisotopic (exact) mass is 63.0 g/mol. The molecule has 0 aromatic carbocycles. The second-order valence-corrected chi connectivity index (χ2v) is 0.236. The third-order valence-electron chi connectivity index (χ3n) is 0. The molecule has 2 N–H and O–H groups in total. The molecule has 0 radical (unpaired) electrons. The van der Waals surface area contributed by atoms with Crippen molar-refractivity contribution in [2.24, 2.45) is 5.73 Å². The number of nitrogens with two attached hydrogens (primary N) is 1. The zero-order chi connectivity index (χ0) is 2.71. The zero-order valence-electron chi connectivity index (χ0n) is 2.27. The molecule has 2 heteroatoms. The van der Waals surface area contributed by atoms with Gasteiger partial charge in [-0.25, -0.2) is 0 Å². The van der Waals surface area contributed by atoms with E-state index in [-0.39, 0.29) is 4.70 Å². The maximum absolute atomic E-state index is 4.61. The molecule has 0 bridgehead atoms. The Kier molecular flexibility index (Phi) is 59.2. The van der Waals surface area contributed by atoms with Crippen molar-refractivity contribution in [2.45, 2.75) is 0 Å². The van der Waals surface area contributed by atoms with Gasteiger partial charge in [-0.05, 0) is 6.20 Å². The first-order chi connectivity index (χ1) is 1.41. The molecule has 0 atom stereocenters. The molecule has 0 unspecified atom stereocenters. The predicted octanol–water partition coefficient (Wildman–Crippen LogP) is 0.241. The summed E-state index contributed by atoms with van der Waals surface area (Å²) in [6, 6.07) is 0. The third-order valence-corrected chi connectivity index (χ3v) is 0. The van der Waals surface area contributed by atoms with Crippen molar-refractivity contribution in [3.05, 3.63) is 12.8 Å². The van der Waals surface area contributed by atoms with Crippen LogP contribution in [0.25, 0.3) is 0 Å². The fraction of sp³-hybridized carbons (Fsp3) is 0. The minimum atomic E-state index is 0. The number of hydrogen-bond acceptors (Lipinski definition) is 1. The van der Waals surface area contributed by atoms with Crippen LogP contribution in [0.15, 0.2) is 12.8 Å². The summed E-state index contributed by atoms with van der Waals surface area (Å²) in [6.45, 7) is 3.14. The van der Waals surface area contributed by atoms with Gasteiger partial charge in [0.2, 0.25) is 0 Å². The van der Waals surface area contributed by atoms with Gasteiger partial charge in [0, 0.05) is 0 Å². The number of halogens is 1. The van der Waals surface area contributed by atoms with E-state index < -0.39 is 0 Å². The molecule has 0 aromatic rings. The summed E-state index contributed by atoms with van der Waals surface area (Å²) < 4.78 is 0. The molecule has 0 saturated carbocycles. The third kappa shape index (κ3) is 1.16. The van der Waals surface area contributed by atoms with Crippen LogP contribution in [0.1, 0.15) is 0 Å². The highest BCUT2D eigenvalue weighted by molar-refractivity contribution is 4.48. The fourth-order valence-corrected chi connectivity index (χ4v) is 0. The number of rotatable bonds is 0. The lowest BCUT2D eigenvalue weighted by atomic mass is 11.1. The van der Waals surface area contributed by atoms with Gasteiger partial charge in [0.1, 0.15) is 0 Å². The van der Waals surface area contributed by atoms with E-state index >= 15 is 0 Å². The van der Waals surface area contributed by atoms with Crippen LogP contribution in [0.3, 0.4) is 0 Å². The van der Waals surface area contributed by atoms with Gasteiger partial charge in [-0.3, -0.25) is 4.70 Å². The smallest absolute Gasteiger partial charge is 0.0136 e. The highest BCUT2D eigenvalue weighted by Gasteiger charge is 1.09. The first-order valence-electron chi connectivity index (χ1n) is 0.742. The first kappa shape index (κ1) is 9.80. The van der Waals surface area contributed by atoms with Crippen LogP contribution in [0, 0.1) is 0 Å². The topological polar surface area (TPSA) is 26.0 Å². The molecule has 0 heterocycles. The van der Waals surface area contributed by atoms with E-state index in [1.165, 1.54) is 6.20 Å². The molecule has 0 saturated heterocycles. The van der Waals surface area contributed by atoms with E-state index in [0.29, 0.717) is 0 Å². The highest BCUT2D eigenvalue weighted by Crippen LogP contribution is 1.13. The Morgan fingerprint density at radius 1 is 1.75 bits per heavy atom. The van der Waals surface area contributed by atoms with Crippen molar-refractivity contribution >= 4 is 0 Å². The molecule has 0 rings (SSSR count). The summed E-state index contributed by atoms with van der Waals surface area (Å²) in [5.74, 6) is 0. The summed E-state index contributed by atoms with van der Waals surface area (Å²) in [4.78, 5) is 0. The Morgan fingerprint density at radius 2 is 1.75 bits per heavy atom. The van der Waals surface area contributed by atoms with Crippen molar-refractivity contribution in [2.75, 3.05) is 0 Å². The largest absolute Gasteiger partial charge is 0.405 e. The second kappa shape index (κ2) is 24.2. The minimum absolute atomic E-state index is 0. The quantitative estimate of drug-likeness (QED) is 0.428. The van der Waals surface area contributed by atoms with E-state index in [4.69, 9.17) is 0 Å². The van der Waals surface area contributed by atoms with Crippen molar-refractivity contribution in [1.29, 1.82) is 0 Å². The van der Waals surface area contributed by atoms with E-state index in [9.17, 15) is 0 Å². The average Bonchev–Trinajstić information content (AvgIpc) is 0.918. The molecule has 0 aromatic heterocycles. The Bertz CT molecular complexity index is 13.5. The lowest BCUT2D eigenvalue weighted by molar-refractivity contribution is 1.11. The molecular formula is C2H6FN. The van der Waals surface area contributed by atoms with Gasteiger partial charge in [0.15, 0.2) is 0 Å². The molecule has 0 aliphatic carbocycles. The van der Waals surface area contributed by atoms with Crippen LogP contribution in [0.2, 0.25) is 0 Å². The Hall–Kier alpha value is -0.530. The first-order valence-corrected chi connectivity index (χ1v) is 0.742. The summed E-state index contributed by atoms with van der Waals surface area (Å²) in [5, 5.41) is 0. The van der Waals surface area contributed by atoms with Gasteiger partial charge in [-0.2, -0.15) is 0 Å². The normalized spacial score (nSPS) is 3.00. The fourth-order valence-electron chi connectivity index (χ4n) is 0. The van der Waals surface area contributed by atoms with Gasteiger partial charge in [-0.1, -0.05) is 6.58 Å². The van der Waals surface area contributed by atoms with E-state index in [0.717, 1.165) is 0 Å². The van der Waals surface area contributed by atoms with Gasteiger partial charge < -0.3 is 5.73 Å².